The zero-order chi connectivity index (χ0) is 25.4. The lowest BCUT2D eigenvalue weighted by Gasteiger charge is -2.32. The Labute approximate surface area is 204 Å². The molecule has 190 valence electrons. The van der Waals surface area contributed by atoms with Gasteiger partial charge >= 0.3 is 6.18 Å². The smallest absolute Gasteiger partial charge is 0.312 e. The van der Waals surface area contributed by atoms with E-state index in [4.69, 9.17) is 0 Å². The Morgan fingerprint density at radius 2 is 1.66 bits per heavy atom. The summed E-state index contributed by atoms with van der Waals surface area (Å²) in [5.41, 5.74) is 0.960. The third-order valence-corrected chi connectivity index (χ3v) is 8.23. The molecule has 2 atom stereocenters. The number of alkyl halides is 3. The molecular weight excluding hydrogens is 479 g/mol. The number of amides is 1. The normalized spacial score (nSPS) is 22.5. The minimum absolute atomic E-state index is 0.00283. The van der Waals surface area contributed by atoms with E-state index in [0.29, 0.717) is 38.0 Å². The summed E-state index contributed by atoms with van der Waals surface area (Å²) >= 11 is 0. The summed E-state index contributed by atoms with van der Waals surface area (Å²) in [6, 6.07) is 12.3. The topological polar surface area (TPSA) is 60.9 Å². The molecule has 0 spiro atoms. The Balaban J connectivity index is 1.78. The Hall–Kier alpha value is -2.43. The highest BCUT2D eigenvalue weighted by Crippen LogP contribution is 2.35. The minimum Gasteiger partial charge on any atom is -0.312 e. The van der Waals surface area contributed by atoms with Crippen molar-refractivity contribution in [2.45, 2.75) is 57.5 Å². The van der Waals surface area contributed by atoms with E-state index < -0.39 is 21.8 Å². The van der Waals surface area contributed by atoms with Gasteiger partial charge in [0.1, 0.15) is 0 Å². The van der Waals surface area contributed by atoms with Gasteiger partial charge in [-0.05, 0) is 42.5 Å². The molecule has 0 aliphatic carbocycles. The van der Waals surface area contributed by atoms with Crippen molar-refractivity contribution in [3.63, 3.8) is 0 Å². The van der Waals surface area contributed by atoms with E-state index >= 15 is 0 Å². The molecule has 2 aliphatic heterocycles. The lowest BCUT2D eigenvalue weighted by atomic mass is 10.0. The van der Waals surface area contributed by atoms with Crippen LogP contribution >= 0.6 is 0 Å². The predicted octanol–water partition coefficient (Wildman–Crippen LogP) is 4.26. The summed E-state index contributed by atoms with van der Waals surface area (Å²) in [5.74, 6) is -0.161. The van der Waals surface area contributed by atoms with Crippen LogP contribution < -0.4 is 4.90 Å². The van der Waals surface area contributed by atoms with E-state index in [1.54, 1.807) is 11.0 Å². The SMILES string of the molecule is CC(=O)N1CC[C@H]2CC[C@@H](CN(Cc3ccccc3C(F)(F)F)Cc3ccccc31)N2S(C)(=O)=O. The van der Waals surface area contributed by atoms with Crippen molar-refractivity contribution in [1.29, 1.82) is 0 Å². The lowest BCUT2D eigenvalue weighted by molar-refractivity contribution is -0.138. The van der Waals surface area contributed by atoms with Crippen molar-refractivity contribution in [3.8, 4) is 0 Å². The van der Waals surface area contributed by atoms with Gasteiger partial charge in [0.05, 0.1) is 11.8 Å². The van der Waals surface area contributed by atoms with Crippen molar-refractivity contribution < 1.29 is 26.4 Å². The molecule has 35 heavy (non-hydrogen) atoms. The van der Waals surface area contributed by atoms with Gasteiger partial charge in [-0.3, -0.25) is 9.69 Å². The third kappa shape index (κ3) is 5.70. The molecule has 2 aromatic carbocycles. The molecule has 2 bridgehead atoms. The molecule has 2 aromatic rings. The van der Waals surface area contributed by atoms with Gasteiger partial charge in [-0.25, -0.2) is 8.42 Å². The molecule has 0 unspecified atom stereocenters. The second-order valence-electron chi connectivity index (χ2n) is 9.39. The van der Waals surface area contributed by atoms with Crippen LogP contribution in [0.4, 0.5) is 18.9 Å². The van der Waals surface area contributed by atoms with E-state index in [1.165, 1.54) is 29.6 Å². The fraction of sp³-hybridized carbons (Fsp3) is 0.480. The number of sulfonamides is 1. The highest BCUT2D eigenvalue weighted by Gasteiger charge is 2.41. The first kappa shape index (κ1) is 25.7. The molecule has 0 saturated carbocycles. The fourth-order valence-electron chi connectivity index (χ4n) is 5.46. The first-order valence-electron chi connectivity index (χ1n) is 11.7. The van der Waals surface area contributed by atoms with Crippen molar-refractivity contribution in [2.75, 3.05) is 24.2 Å². The standard InChI is InChI=1S/C25H30F3N3O3S/c1-18(32)30-14-13-21-11-12-22(31(21)35(2,33)34)17-29(16-20-8-4-6-10-24(20)30)15-19-7-3-5-9-23(19)25(26,27)28/h3-10,21-22H,11-17H2,1-2H3/t21-,22+/m1/s1. The molecule has 4 rings (SSSR count). The van der Waals surface area contributed by atoms with Gasteiger partial charge in [0.15, 0.2) is 0 Å². The van der Waals surface area contributed by atoms with Gasteiger partial charge in [0.25, 0.3) is 0 Å². The summed E-state index contributed by atoms with van der Waals surface area (Å²) in [6.45, 7) is 2.42. The Bertz CT molecular complexity index is 1190. The minimum atomic E-state index is -4.49. The van der Waals surface area contributed by atoms with Gasteiger partial charge in [-0.1, -0.05) is 36.4 Å². The first-order valence-corrected chi connectivity index (χ1v) is 13.5. The molecule has 1 amide bonds. The average Bonchev–Trinajstić information content (AvgIpc) is 3.15. The van der Waals surface area contributed by atoms with Crippen LogP contribution in [0.2, 0.25) is 0 Å². The number of anilines is 1. The van der Waals surface area contributed by atoms with Crippen LogP contribution in [-0.2, 0) is 34.1 Å². The Morgan fingerprint density at radius 3 is 2.34 bits per heavy atom. The van der Waals surface area contributed by atoms with Gasteiger partial charge < -0.3 is 4.90 Å². The predicted molar refractivity (Wildman–Crippen MR) is 128 cm³/mol. The van der Waals surface area contributed by atoms with Crippen LogP contribution in [0.5, 0.6) is 0 Å². The van der Waals surface area contributed by atoms with E-state index in [-0.39, 0.29) is 36.6 Å². The van der Waals surface area contributed by atoms with Crippen LogP contribution in [-0.4, -0.2) is 55.0 Å². The van der Waals surface area contributed by atoms with Crippen LogP contribution in [0.25, 0.3) is 0 Å². The monoisotopic (exact) mass is 509 g/mol. The highest BCUT2D eigenvalue weighted by atomic mass is 32.2. The number of fused-ring (bicyclic) bond motifs is 3. The number of para-hydroxylation sites is 1. The maximum absolute atomic E-state index is 13.7. The summed E-state index contributed by atoms with van der Waals surface area (Å²) in [4.78, 5) is 16.1. The van der Waals surface area contributed by atoms with Gasteiger partial charge in [0, 0.05) is 50.9 Å². The van der Waals surface area contributed by atoms with E-state index in [0.717, 1.165) is 11.6 Å². The first-order chi connectivity index (χ1) is 16.4. The number of hydrogen-bond donors (Lipinski definition) is 0. The van der Waals surface area contributed by atoms with Crippen LogP contribution in [0, 0.1) is 0 Å². The van der Waals surface area contributed by atoms with Crippen LogP contribution in [0.1, 0.15) is 42.9 Å². The molecule has 10 heteroatoms. The van der Waals surface area contributed by atoms with Crippen molar-refractivity contribution >= 4 is 21.6 Å². The zero-order valence-corrected chi connectivity index (χ0v) is 20.6. The quantitative estimate of drug-likeness (QED) is 0.621. The molecule has 1 saturated heterocycles. The van der Waals surface area contributed by atoms with Gasteiger partial charge in [0.2, 0.25) is 15.9 Å². The van der Waals surface area contributed by atoms with E-state index in [2.05, 4.69) is 0 Å². The molecule has 0 N–H and O–H groups in total. The molecule has 0 aromatic heterocycles. The third-order valence-electron chi connectivity index (χ3n) is 6.86. The number of hydrogen-bond acceptors (Lipinski definition) is 4. The number of carbonyl (C=O) groups is 1. The molecular formula is C25H30F3N3O3S. The second-order valence-corrected chi connectivity index (χ2v) is 11.3. The highest BCUT2D eigenvalue weighted by molar-refractivity contribution is 7.88. The largest absolute Gasteiger partial charge is 0.416 e. The van der Waals surface area contributed by atoms with E-state index in [9.17, 15) is 26.4 Å². The number of carbonyl (C=O) groups excluding carboxylic acids is 1. The van der Waals surface area contributed by atoms with Crippen molar-refractivity contribution in [1.82, 2.24) is 9.21 Å². The molecule has 0 radical (unpaired) electrons. The van der Waals surface area contributed by atoms with E-state index in [1.807, 2.05) is 29.2 Å². The molecule has 2 heterocycles. The summed E-state index contributed by atoms with van der Waals surface area (Å²) in [7, 11) is -3.55. The number of halogens is 3. The van der Waals surface area contributed by atoms with Gasteiger partial charge in [-0.2, -0.15) is 17.5 Å². The fourth-order valence-corrected chi connectivity index (χ4v) is 6.92. The average molecular weight is 510 g/mol. The maximum atomic E-state index is 13.7. The second kappa shape index (κ2) is 9.91. The summed E-state index contributed by atoms with van der Waals surface area (Å²) in [5, 5.41) is 0. The number of rotatable bonds is 3. The van der Waals surface area contributed by atoms with Gasteiger partial charge in [-0.15, -0.1) is 0 Å². The van der Waals surface area contributed by atoms with Crippen molar-refractivity contribution in [2.24, 2.45) is 0 Å². The summed E-state index contributed by atoms with van der Waals surface area (Å²) in [6.07, 6.45) is -1.55. The lowest BCUT2D eigenvalue weighted by Crippen LogP contribution is -2.46. The van der Waals surface area contributed by atoms with Crippen LogP contribution in [0.3, 0.4) is 0 Å². The van der Waals surface area contributed by atoms with Crippen molar-refractivity contribution in [3.05, 3.63) is 65.2 Å². The van der Waals surface area contributed by atoms with Crippen LogP contribution in [0.15, 0.2) is 48.5 Å². The zero-order valence-electron chi connectivity index (χ0n) is 19.8. The number of nitrogens with zero attached hydrogens (tertiary/aromatic N) is 3. The Morgan fingerprint density at radius 1 is 1.00 bits per heavy atom. The molecule has 6 nitrogen and oxygen atoms in total. The molecule has 2 aliphatic rings. The molecule has 1 fully saturated rings. The summed E-state index contributed by atoms with van der Waals surface area (Å²) < 4.78 is 68.2. The number of benzene rings is 2. The maximum Gasteiger partial charge on any atom is 0.416 e. The Kier molecular flexibility index (Phi) is 7.26.